The highest BCUT2D eigenvalue weighted by atomic mass is 79.9. The second-order valence-corrected chi connectivity index (χ2v) is 5.24. The Morgan fingerprint density at radius 1 is 1.10 bits per heavy atom. The third-order valence-corrected chi connectivity index (χ3v) is 3.33. The standard InChI is InChI=1S/C17H18BrNO/c1-2-5-14-6-3-4-7-17(14)20-13-12-19-16-10-8-15(18)9-11-16/h2-11,19H,12-13H2,1H3. The minimum Gasteiger partial charge on any atom is -0.491 e. The van der Waals surface area contributed by atoms with Gasteiger partial charge >= 0.3 is 0 Å². The molecule has 0 bridgehead atoms. The fourth-order valence-electron chi connectivity index (χ4n) is 1.85. The van der Waals surface area contributed by atoms with Crippen molar-refractivity contribution in [2.24, 2.45) is 0 Å². The van der Waals surface area contributed by atoms with Crippen LogP contribution < -0.4 is 10.1 Å². The van der Waals surface area contributed by atoms with Gasteiger partial charge in [-0.05, 0) is 37.3 Å². The Morgan fingerprint density at radius 2 is 1.85 bits per heavy atom. The molecule has 0 saturated carbocycles. The van der Waals surface area contributed by atoms with Crippen LogP contribution in [0.25, 0.3) is 6.08 Å². The average molecular weight is 332 g/mol. The Labute approximate surface area is 128 Å². The second-order valence-electron chi connectivity index (χ2n) is 4.32. The highest BCUT2D eigenvalue weighted by Gasteiger charge is 1.99. The SMILES string of the molecule is CC=Cc1ccccc1OCCNc1ccc(Br)cc1. The Morgan fingerprint density at radius 3 is 2.60 bits per heavy atom. The van der Waals surface area contributed by atoms with Crippen molar-refractivity contribution in [3.8, 4) is 5.75 Å². The van der Waals surface area contributed by atoms with Crippen LogP contribution in [0.4, 0.5) is 5.69 Å². The minimum absolute atomic E-state index is 0.630. The number of anilines is 1. The minimum atomic E-state index is 0.630. The summed E-state index contributed by atoms with van der Waals surface area (Å²) >= 11 is 3.42. The molecule has 0 fully saturated rings. The molecule has 0 aliphatic carbocycles. The lowest BCUT2D eigenvalue weighted by Crippen LogP contribution is -2.11. The molecule has 104 valence electrons. The topological polar surface area (TPSA) is 21.3 Å². The van der Waals surface area contributed by atoms with Crippen molar-refractivity contribution in [1.82, 2.24) is 0 Å². The Hall–Kier alpha value is -1.74. The monoisotopic (exact) mass is 331 g/mol. The third-order valence-electron chi connectivity index (χ3n) is 2.80. The number of rotatable bonds is 6. The molecule has 0 atom stereocenters. The first-order valence-corrected chi connectivity index (χ1v) is 7.43. The fraction of sp³-hybridized carbons (Fsp3) is 0.176. The van der Waals surface area contributed by atoms with E-state index < -0.39 is 0 Å². The maximum Gasteiger partial charge on any atom is 0.126 e. The van der Waals surface area contributed by atoms with Gasteiger partial charge in [-0.1, -0.05) is 46.3 Å². The number of ether oxygens (including phenoxy) is 1. The quantitative estimate of drug-likeness (QED) is 0.754. The predicted octanol–water partition coefficient (Wildman–Crippen LogP) is 4.97. The molecule has 0 radical (unpaired) electrons. The summed E-state index contributed by atoms with van der Waals surface area (Å²) in [4.78, 5) is 0. The van der Waals surface area contributed by atoms with Gasteiger partial charge in [-0.15, -0.1) is 0 Å². The van der Waals surface area contributed by atoms with Crippen LogP contribution in [0.2, 0.25) is 0 Å². The van der Waals surface area contributed by atoms with E-state index in [1.54, 1.807) is 0 Å². The van der Waals surface area contributed by atoms with E-state index in [1.165, 1.54) is 0 Å². The van der Waals surface area contributed by atoms with Crippen LogP contribution in [0.15, 0.2) is 59.1 Å². The molecular weight excluding hydrogens is 314 g/mol. The Balaban J connectivity index is 1.83. The second kappa shape index (κ2) is 7.75. The number of halogens is 1. The van der Waals surface area contributed by atoms with E-state index in [4.69, 9.17) is 4.74 Å². The van der Waals surface area contributed by atoms with E-state index in [0.29, 0.717) is 6.61 Å². The maximum atomic E-state index is 5.81. The van der Waals surface area contributed by atoms with Crippen molar-refractivity contribution in [2.75, 3.05) is 18.5 Å². The van der Waals surface area contributed by atoms with Gasteiger partial charge in [0.05, 0.1) is 0 Å². The van der Waals surface area contributed by atoms with Crippen molar-refractivity contribution < 1.29 is 4.74 Å². The molecule has 0 unspecified atom stereocenters. The third kappa shape index (κ3) is 4.42. The number of hydrogen-bond acceptors (Lipinski definition) is 2. The predicted molar refractivity (Wildman–Crippen MR) is 89.3 cm³/mol. The molecule has 0 aromatic heterocycles. The first kappa shape index (κ1) is 14.7. The van der Waals surface area contributed by atoms with Crippen LogP contribution in [0.1, 0.15) is 12.5 Å². The van der Waals surface area contributed by atoms with Crippen molar-refractivity contribution in [2.45, 2.75) is 6.92 Å². The summed E-state index contributed by atoms with van der Waals surface area (Å²) in [5.41, 5.74) is 2.21. The summed E-state index contributed by atoms with van der Waals surface area (Å²) in [7, 11) is 0. The van der Waals surface area contributed by atoms with Crippen LogP contribution in [-0.2, 0) is 0 Å². The molecule has 0 amide bonds. The largest absolute Gasteiger partial charge is 0.491 e. The highest BCUT2D eigenvalue weighted by molar-refractivity contribution is 9.10. The summed E-state index contributed by atoms with van der Waals surface area (Å²) in [5, 5.41) is 3.33. The van der Waals surface area contributed by atoms with Gasteiger partial charge in [-0.2, -0.15) is 0 Å². The average Bonchev–Trinajstić information content (AvgIpc) is 2.47. The van der Waals surface area contributed by atoms with Crippen LogP contribution in [-0.4, -0.2) is 13.2 Å². The van der Waals surface area contributed by atoms with Crippen LogP contribution in [0.5, 0.6) is 5.75 Å². The molecule has 0 aliphatic heterocycles. The molecule has 2 aromatic rings. The van der Waals surface area contributed by atoms with Crippen LogP contribution in [0, 0.1) is 0 Å². The van der Waals surface area contributed by atoms with Gasteiger partial charge in [0.1, 0.15) is 12.4 Å². The number of allylic oxidation sites excluding steroid dienone is 1. The molecule has 2 aromatic carbocycles. The lowest BCUT2D eigenvalue weighted by molar-refractivity contribution is 0.332. The van der Waals surface area contributed by atoms with Crippen molar-refractivity contribution in [3.63, 3.8) is 0 Å². The fourth-order valence-corrected chi connectivity index (χ4v) is 2.12. The van der Waals surface area contributed by atoms with E-state index in [-0.39, 0.29) is 0 Å². The number of benzene rings is 2. The molecule has 1 N–H and O–H groups in total. The molecule has 0 saturated heterocycles. The lowest BCUT2D eigenvalue weighted by atomic mass is 10.2. The number of para-hydroxylation sites is 1. The summed E-state index contributed by atoms with van der Waals surface area (Å²) in [6.45, 7) is 3.41. The Kier molecular flexibility index (Phi) is 5.69. The highest BCUT2D eigenvalue weighted by Crippen LogP contribution is 2.19. The molecule has 2 nitrogen and oxygen atoms in total. The van der Waals surface area contributed by atoms with Gasteiger partial charge < -0.3 is 10.1 Å². The zero-order valence-electron chi connectivity index (χ0n) is 11.5. The molecular formula is C17H18BrNO. The van der Waals surface area contributed by atoms with Gasteiger partial charge in [0.15, 0.2) is 0 Å². The normalized spacial score (nSPS) is 10.7. The van der Waals surface area contributed by atoms with Crippen LogP contribution in [0.3, 0.4) is 0 Å². The zero-order valence-corrected chi connectivity index (χ0v) is 13.1. The molecule has 0 spiro atoms. The van der Waals surface area contributed by atoms with E-state index in [2.05, 4.69) is 33.4 Å². The van der Waals surface area contributed by atoms with Crippen molar-refractivity contribution in [1.29, 1.82) is 0 Å². The first-order chi connectivity index (χ1) is 9.79. The Bertz CT molecular complexity index is 563. The summed E-state index contributed by atoms with van der Waals surface area (Å²) in [6, 6.07) is 16.2. The van der Waals surface area contributed by atoms with Gasteiger partial charge in [0.2, 0.25) is 0 Å². The summed E-state index contributed by atoms with van der Waals surface area (Å²) in [5.74, 6) is 0.920. The lowest BCUT2D eigenvalue weighted by Gasteiger charge is -2.10. The van der Waals surface area contributed by atoms with E-state index in [0.717, 1.165) is 28.0 Å². The molecule has 2 rings (SSSR count). The smallest absolute Gasteiger partial charge is 0.126 e. The molecule has 0 aliphatic rings. The molecule has 20 heavy (non-hydrogen) atoms. The molecule has 3 heteroatoms. The van der Waals surface area contributed by atoms with E-state index in [9.17, 15) is 0 Å². The van der Waals surface area contributed by atoms with Crippen molar-refractivity contribution >= 4 is 27.7 Å². The van der Waals surface area contributed by atoms with Gasteiger partial charge in [-0.3, -0.25) is 0 Å². The number of hydrogen-bond donors (Lipinski definition) is 1. The van der Waals surface area contributed by atoms with Gasteiger partial charge in [0, 0.05) is 22.3 Å². The van der Waals surface area contributed by atoms with Crippen LogP contribution >= 0.6 is 15.9 Å². The van der Waals surface area contributed by atoms with Crippen molar-refractivity contribution in [3.05, 3.63) is 64.6 Å². The number of nitrogens with one attached hydrogen (secondary N) is 1. The first-order valence-electron chi connectivity index (χ1n) is 6.63. The van der Waals surface area contributed by atoms with E-state index >= 15 is 0 Å². The molecule has 0 heterocycles. The summed E-state index contributed by atoms with van der Waals surface area (Å²) < 4.78 is 6.90. The summed E-state index contributed by atoms with van der Waals surface area (Å²) in [6.07, 6.45) is 4.07. The van der Waals surface area contributed by atoms with E-state index in [1.807, 2.05) is 55.5 Å². The van der Waals surface area contributed by atoms with Gasteiger partial charge in [0.25, 0.3) is 0 Å². The van der Waals surface area contributed by atoms with Gasteiger partial charge in [-0.25, -0.2) is 0 Å². The zero-order chi connectivity index (χ0) is 14.2. The maximum absolute atomic E-state index is 5.81.